The Morgan fingerprint density at radius 3 is 2.60 bits per heavy atom. The lowest BCUT2D eigenvalue weighted by atomic mass is 9.71. The Hall–Kier alpha value is -1.36. The molecule has 0 bridgehead atoms. The van der Waals surface area contributed by atoms with Gasteiger partial charge in [0.1, 0.15) is 5.75 Å². The van der Waals surface area contributed by atoms with Crippen molar-refractivity contribution in [2.45, 2.75) is 56.8 Å². The van der Waals surface area contributed by atoms with Crippen molar-refractivity contribution < 1.29 is 17.9 Å². The zero-order chi connectivity index (χ0) is 17.6. The predicted octanol–water partition coefficient (Wildman–Crippen LogP) is 6.27. The van der Waals surface area contributed by atoms with E-state index in [2.05, 4.69) is 22.2 Å². The second-order valence-electron chi connectivity index (χ2n) is 7.34. The quantitative estimate of drug-likeness (QED) is 0.618. The van der Waals surface area contributed by atoms with Crippen LogP contribution in [0.3, 0.4) is 0 Å². The van der Waals surface area contributed by atoms with Crippen LogP contribution in [0.4, 0.5) is 18.9 Å². The Balaban J connectivity index is 1.68. The van der Waals surface area contributed by atoms with Crippen LogP contribution in [-0.2, 0) is 0 Å². The predicted molar refractivity (Wildman–Crippen MR) is 92.1 cm³/mol. The third-order valence-electron chi connectivity index (χ3n) is 5.83. The second kappa shape index (κ2) is 6.42. The Kier molecular flexibility index (Phi) is 4.38. The number of anilines is 1. The average molecular weight is 372 g/mol. The van der Waals surface area contributed by atoms with E-state index in [0.29, 0.717) is 22.9 Å². The van der Waals surface area contributed by atoms with E-state index in [1.807, 2.05) is 0 Å². The third-order valence-corrected chi connectivity index (χ3v) is 6.13. The molecule has 1 aromatic rings. The summed E-state index contributed by atoms with van der Waals surface area (Å²) in [6.07, 6.45) is 6.74. The van der Waals surface area contributed by atoms with Crippen LogP contribution in [0.5, 0.6) is 5.75 Å². The van der Waals surface area contributed by atoms with Crippen molar-refractivity contribution in [1.82, 2.24) is 0 Å². The van der Waals surface area contributed by atoms with Crippen molar-refractivity contribution in [3.63, 3.8) is 0 Å². The molecule has 0 spiro atoms. The number of allylic oxidation sites excluding steroid dienone is 2. The monoisotopic (exact) mass is 371 g/mol. The molecule has 2 aliphatic carbocycles. The van der Waals surface area contributed by atoms with Crippen LogP contribution in [0.15, 0.2) is 24.3 Å². The topological polar surface area (TPSA) is 21.3 Å². The Bertz CT molecular complexity index is 682. The summed E-state index contributed by atoms with van der Waals surface area (Å²) in [5.74, 6) is 0.856. The summed E-state index contributed by atoms with van der Waals surface area (Å²) in [6.45, 7) is 0. The van der Waals surface area contributed by atoms with Crippen molar-refractivity contribution in [2.75, 3.05) is 5.32 Å². The highest BCUT2D eigenvalue weighted by molar-refractivity contribution is 6.33. The summed E-state index contributed by atoms with van der Waals surface area (Å²) in [6, 6.07) is 3.09. The van der Waals surface area contributed by atoms with Gasteiger partial charge in [-0.05, 0) is 42.7 Å². The van der Waals surface area contributed by atoms with Gasteiger partial charge in [0.2, 0.25) is 0 Å². The molecule has 1 fully saturated rings. The standard InChI is InChI=1S/C19H21ClF3NO/c20-16-10-12(25-19(21,22)23)9-15-13-7-4-8-14(13)17(24-18(15)16)11-5-2-1-3-6-11/h4,7,9-11,13-14,17,24H,1-3,5-6,8H2. The molecule has 0 amide bonds. The average Bonchev–Trinajstić information content (AvgIpc) is 3.03. The van der Waals surface area contributed by atoms with E-state index in [9.17, 15) is 13.2 Å². The van der Waals surface area contributed by atoms with Crippen molar-refractivity contribution in [2.24, 2.45) is 11.8 Å². The number of hydrogen-bond acceptors (Lipinski definition) is 2. The summed E-state index contributed by atoms with van der Waals surface area (Å²) in [5.41, 5.74) is 1.59. The number of ether oxygens (including phenoxy) is 1. The molecular weight excluding hydrogens is 351 g/mol. The number of halogens is 4. The van der Waals surface area contributed by atoms with Crippen LogP contribution in [0, 0.1) is 11.8 Å². The highest BCUT2D eigenvalue weighted by Gasteiger charge is 2.42. The Labute approximate surface area is 150 Å². The summed E-state index contributed by atoms with van der Waals surface area (Å²) in [4.78, 5) is 0. The van der Waals surface area contributed by atoms with Gasteiger partial charge in [-0.1, -0.05) is 43.0 Å². The number of nitrogens with one attached hydrogen (secondary N) is 1. The van der Waals surface area contributed by atoms with Gasteiger partial charge in [0.05, 0.1) is 10.7 Å². The molecule has 0 radical (unpaired) electrons. The maximum atomic E-state index is 12.6. The fourth-order valence-corrected chi connectivity index (χ4v) is 5.09. The highest BCUT2D eigenvalue weighted by Crippen LogP contribution is 2.51. The molecule has 1 N–H and O–H groups in total. The summed E-state index contributed by atoms with van der Waals surface area (Å²) < 4.78 is 41.9. The fraction of sp³-hybridized carbons (Fsp3) is 0.579. The third kappa shape index (κ3) is 3.35. The minimum Gasteiger partial charge on any atom is -0.406 e. The van der Waals surface area contributed by atoms with Crippen molar-refractivity contribution in [3.8, 4) is 5.75 Å². The molecular formula is C19H21ClF3NO. The van der Waals surface area contributed by atoms with Gasteiger partial charge in [-0.2, -0.15) is 0 Å². The van der Waals surface area contributed by atoms with Gasteiger partial charge in [0.25, 0.3) is 0 Å². The molecule has 1 aromatic carbocycles. The maximum absolute atomic E-state index is 12.6. The lowest BCUT2D eigenvalue weighted by Crippen LogP contribution is -2.42. The van der Waals surface area contributed by atoms with Crippen LogP contribution in [0.1, 0.15) is 50.0 Å². The second-order valence-corrected chi connectivity index (χ2v) is 7.75. The molecule has 0 aromatic heterocycles. The molecule has 136 valence electrons. The van der Waals surface area contributed by atoms with Crippen molar-refractivity contribution in [3.05, 3.63) is 34.9 Å². The molecule has 4 rings (SSSR count). The van der Waals surface area contributed by atoms with E-state index in [1.165, 1.54) is 44.2 Å². The van der Waals surface area contributed by atoms with Crippen LogP contribution in [-0.4, -0.2) is 12.4 Å². The number of rotatable bonds is 2. The highest BCUT2D eigenvalue weighted by atomic mass is 35.5. The van der Waals surface area contributed by atoms with Crippen LogP contribution >= 0.6 is 11.6 Å². The molecule has 25 heavy (non-hydrogen) atoms. The Morgan fingerprint density at radius 2 is 1.88 bits per heavy atom. The largest absolute Gasteiger partial charge is 0.573 e. The molecule has 1 heterocycles. The summed E-state index contributed by atoms with van der Waals surface area (Å²) >= 11 is 6.34. The molecule has 0 saturated heterocycles. The normalized spacial score (nSPS) is 29.0. The van der Waals surface area contributed by atoms with E-state index < -0.39 is 6.36 Å². The fourth-order valence-electron chi connectivity index (χ4n) is 4.82. The molecule has 2 nitrogen and oxygen atoms in total. The smallest absolute Gasteiger partial charge is 0.406 e. The lowest BCUT2D eigenvalue weighted by Gasteiger charge is -2.43. The molecule has 3 aliphatic rings. The molecule has 1 saturated carbocycles. The zero-order valence-electron chi connectivity index (χ0n) is 13.8. The van der Waals surface area contributed by atoms with Crippen LogP contribution in [0.2, 0.25) is 5.02 Å². The van der Waals surface area contributed by atoms with E-state index in [0.717, 1.165) is 17.7 Å². The van der Waals surface area contributed by atoms with Gasteiger partial charge in [-0.25, -0.2) is 0 Å². The van der Waals surface area contributed by atoms with Crippen molar-refractivity contribution >= 4 is 17.3 Å². The summed E-state index contributed by atoms with van der Waals surface area (Å²) in [5, 5.41) is 3.89. The minimum atomic E-state index is -4.71. The van der Waals surface area contributed by atoms with E-state index in [4.69, 9.17) is 11.6 Å². The molecule has 3 atom stereocenters. The van der Waals surface area contributed by atoms with Gasteiger partial charge in [-0.3, -0.25) is 0 Å². The number of fused-ring (bicyclic) bond motifs is 3. The molecule has 1 aliphatic heterocycles. The number of benzene rings is 1. The van der Waals surface area contributed by atoms with Gasteiger partial charge < -0.3 is 10.1 Å². The SMILES string of the molecule is FC(F)(F)Oc1cc(Cl)c2c(c1)C1C=CCC1C(C1CCCCC1)N2. The van der Waals surface area contributed by atoms with Gasteiger partial charge in [0, 0.05) is 18.0 Å². The van der Waals surface area contributed by atoms with E-state index in [1.54, 1.807) is 0 Å². The first-order valence-corrected chi connectivity index (χ1v) is 9.32. The molecule has 6 heteroatoms. The van der Waals surface area contributed by atoms with Gasteiger partial charge in [-0.15, -0.1) is 13.2 Å². The first-order chi connectivity index (χ1) is 11.9. The minimum absolute atomic E-state index is 0.109. The first kappa shape index (κ1) is 17.1. The van der Waals surface area contributed by atoms with Gasteiger partial charge in [0.15, 0.2) is 0 Å². The number of alkyl halides is 3. The first-order valence-electron chi connectivity index (χ1n) is 8.95. The van der Waals surface area contributed by atoms with E-state index >= 15 is 0 Å². The molecule has 3 unspecified atom stereocenters. The Morgan fingerprint density at radius 1 is 1.12 bits per heavy atom. The number of hydrogen-bond donors (Lipinski definition) is 1. The lowest BCUT2D eigenvalue weighted by molar-refractivity contribution is -0.274. The van der Waals surface area contributed by atoms with Crippen LogP contribution in [0.25, 0.3) is 0 Å². The van der Waals surface area contributed by atoms with E-state index in [-0.39, 0.29) is 11.7 Å². The van der Waals surface area contributed by atoms with Gasteiger partial charge >= 0.3 is 6.36 Å². The summed E-state index contributed by atoms with van der Waals surface area (Å²) in [7, 11) is 0. The van der Waals surface area contributed by atoms with Crippen LogP contribution < -0.4 is 10.1 Å². The maximum Gasteiger partial charge on any atom is 0.573 e. The zero-order valence-corrected chi connectivity index (χ0v) is 14.5. The van der Waals surface area contributed by atoms with Crippen molar-refractivity contribution in [1.29, 1.82) is 0 Å².